The standard InChI is InChI=1S/C17H25N3O/c1-17(2,3)20-12-16(11-19-20)10-18-9-8-14-4-6-15(13-21)7-5-14/h4-7,11-12,18,21H,8-10,13H2,1-3H3. The molecule has 0 amide bonds. The summed E-state index contributed by atoms with van der Waals surface area (Å²) in [4.78, 5) is 0. The average Bonchev–Trinajstić information content (AvgIpc) is 2.93. The van der Waals surface area contributed by atoms with Crippen LogP contribution in [0.25, 0.3) is 0 Å². The van der Waals surface area contributed by atoms with Crippen molar-refractivity contribution in [3.05, 3.63) is 53.3 Å². The van der Waals surface area contributed by atoms with E-state index in [0.717, 1.165) is 25.1 Å². The number of rotatable bonds is 6. The molecule has 21 heavy (non-hydrogen) atoms. The summed E-state index contributed by atoms with van der Waals surface area (Å²) in [5.41, 5.74) is 3.49. The first-order valence-corrected chi connectivity index (χ1v) is 7.42. The van der Waals surface area contributed by atoms with Gasteiger partial charge in [-0.3, -0.25) is 4.68 Å². The predicted octanol–water partition coefficient (Wildman–Crippen LogP) is 2.46. The molecule has 0 spiro atoms. The van der Waals surface area contributed by atoms with Crippen LogP contribution in [0.4, 0.5) is 0 Å². The van der Waals surface area contributed by atoms with E-state index in [0.29, 0.717) is 0 Å². The van der Waals surface area contributed by atoms with Crippen LogP contribution >= 0.6 is 0 Å². The Balaban J connectivity index is 1.75. The Morgan fingerprint density at radius 2 is 1.76 bits per heavy atom. The number of nitrogens with zero attached hydrogens (tertiary/aromatic N) is 2. The predicted molar refractivity (Wildman–Crippen MR) is 85.0 cm³/mol. The lowest BCUT2D eigenvalue weighted by Crippen LogP contribution is -2.22. The minimum atomic E-state index is 0.0344. The SMILES string of the molecule is CC(C)(C)n1cc(CNCCc2ccc(CO)cc2)cn1. The molecule has 0 fully saturated rings. The Bertz CT molecular complexity index is 552. The molecule has 2 aromatic rings. The zero-order chi connectivity index (χ0) is 15.3. The summed E-state index contributed by atoms with van der Waals surface area (Å²) >= 11 is 0. The third kappa shape index (κ3) is 4.69. The van der Waals surface area contributed by atoms with Gasteiger partial charge in [-0.05, 0) is 44.9 Å². The number of aliphatic hydroxyl groups excluding tert-OH is 1. The molecule has 4 heteroatoms. The van der Waals surface area contributed by atoms with Crippen molar-refractivity contribution in [1.82, 2.24) is 15.1 Å². The normalized spacial score (nSPS) is 11.8. The summed E-state index contributed by atoms with van der Waals surface area (Å²) in [5.74, 6) is 0. The fourth-order valence-electron chi connectivity index (χ4n) is 2.10. The first kappa shape index (κ1) is 15.7. The molecule has 2 rings (SSSR count). The molecule has 1 heterocycles. The molecule has 0 aliphatic rings. The van der Waals surface area contributed by atoms with Gasteiger partial charge in [0.25, 0.3) is 0 Å². The lowest BCUT2D eigenvalue weighted by atomic mass is 10.1. The lowest BCUT2D eigenvalue weighted by Gasteiger charge is -2.18. The fourth-order valence-corrected chi connectivity index (χ4v) is 2.10. The highest BCUT2D eigenvalue weighted by atomic mass is 16.3. The molecule has 114 valence electrons. The van der Waals surface area contributed by atoms with E-state index < -0.39 is 0 Å². The number of aromatic nitrogens is 2. The molecule has 0 saturated carbocycles. The van der Waals surface area contributed by atoms with Crippen LogP contribution in [0.2, 0.25) is 0 Å². The quantitative estimate of drug-likeness (QED) is 0.802. The Morgan fingerprint density at radius 1 is 1.10 bits per heavy atom. The first-order chi connectivity index (χ1) is 9.99. The Hall–Kier alpha value is -1.65. The second kappa shape index (κ2) is 6.87. The molecule has 1 aromatic heterocycles. The van der Waals surface area contributed by atoms with E-state index in [4.69, 9.17) is 5.11 Å². The molecule has 0 radical (unpaired) electrons. The Kier molecular flexibility index (Phi) is 5.15. The van der Waals surface area contributed by atoms with Gasteiger partial charge in [-0.25, -0.2) is 0 Å². The van der Waals surface area contributed by atoms with Gasteiger partial charge in [0.15, 0.2) is 0 Å². The topological polar surface area (TPSA) is 50.1 Å². The van der Waals surface area contributed by atoms with Crippen LogP contribution < -0.4 is 5.32 Å². The van der Waals surface area contributed by atoms with E-state index >= 15 is 0 Å². The van der Waals surface area contributed by atoms with E-state index in [2.05, 4.69) is 49.5 Å². The smallest absolute Gasteiger partial charge is 0.0681 e. The number of nitrogens with one attached hydrogen (secondary N) is 1. The van der Waals surface area contributed by atoms with Crippen LogP contribution in [0.1, 0.15) is 37.5 Å². The number of aliphatic hydroxyl groups is 1. The van der Waals surface area contributed by atoms with Crippen LogP contribution in [-0.2, 0) is 25.1 Å². The van der Waals surface area contributed by atoms with Gasteiger partial charge in [0.05, 0.1) is 18.3 Å². The molecule has 0 atom stereocenters. The fraction of sp³-hybridized carbons (Fsp3) is 0.471. The van der Waals surface area contributed by atoms with Gasteiger partial charge >= 0.3 is 0 Å². The van der Waals surface area contributed by atoms with Crippen molar-refractivity contribution < 1.29 is 5.11 Å². The molecular weight excluding hydrogens is 262 g/mol. The van der Waals surface area contributed by atoms with Gasteiger partial charge in [0.1, 0.15) is 0 Å². The Labute approximate surface area is 126 Å². The maximum Gasteiger partial charge on any atom is 0.0681 e. The third-order valence-corrected chi connectivity index (χ3v) is 3.45. The molecule has 0 saturated heterocycles. The van der Waals surface area contributed by atoms with Crippen LogP contribution in [0.3, 0.4) is 0 Å². The zero-order valence-corrected chi connectivity index (χ0v) is 13.1. The third-order valence-electron chi connectivity index (χ3n) is 3.45. The van der Waals surface area contributed by atoms with Gasteiger partial charge in [-0.1, -0.05) is 24.3 Å². The lowest BCUT2D eigenvalue weighted by molar-refractivity contribution is 0.282. The minimum Gasteiger partial charge on any atom is -0.392 e. The van der Waals surface area contributed by atoms with Gasteiger partial charge < -0.3 is 10.4 Å². The molecule has 4 nitrogen and oxygen atoms in total. The van der Waals surface area contributed by atoms with E-state index in [1.807, 2.05) is 23.0 Å². The summed E-state index contributed by atoms with van der Waals surface area (Å²) in [6.07, 6.45) is 5.01. The summed E-state index contributed by atoms with van der Waals surface area (Å²) in [5, 5.41) is 16.8. The molecule has 1 aromatic carbocycles. The largest absolute Gasteiger partial charge is 0.392 e. The Morgan fingerprint density at radius 3 is 2.33 bits per heavy atom. The van der Waals surface area contributed by atoms with Crippen molar-refractivity contribution >= 4 is 0 Å². The highest BCUT2D eigenvalue weighted by molar-refractivity contribution is 5.22. The minimum absolute atomic E-state index is 0.0344. The molecule has 2 N–H and O–H groups in total. The molecule has 0 aliphatic heterocycles. The summed E-state index contributed by atoms with van der Waals surface area (Å²) < 4.78 is 2.00. The first-order valence-electron chi connectivity index (χ1n) is 7.42. The second-order valence-corrected chi connectivity index (χ2v) is 6.37. The summed E-state index contributed by atoms with van der Waals surface area (Å²) in [6.45, 7) is 8.31. The number of benzene rings is 1. The molecular formula is C17H25N3O. The van der Waals surface area contributed by atoms with Crippen molar-refractivity contribution in [2.24, 2.45) is 0 Å². The molecule has 0 aliphatic carbocycles. The maximum atomic E-state index is 9.01. The van der Waals surface area contributed by atoms with E-state index in [-0.39, 0.29) is 12.1 Å². The van der Waals surface area contributed by atoms with Gasteiger partial charge in [-0.15, -0.1) is 0 Å². The van der Waals surface area contributed by atoms with Crippen LogP contribution in [0.15, 0.2) is 36.7 Å². The summed E-state index contributed by atoms with van der Waals surface area (Å²) in [7, 11) is 0. The van der Waals surface area contributed by atoms with Crippen LogP contribution in [-0.4, -0.2) is 21.4 Å². The van der Waals surface area contributed by atoms with Crippen molar-refractivity contribution in [3.8, 4) is 0 Å². The van der Waals surface area contributed by atoms with E-state index in [9.17, 15) is 0 Å². The van der Waals surface area contributed by atoms with E-state index in [1.165, 1.54) is 11.1 Å². The van der Waals surface area contributed by atoms with Gasteiger partial charge in [0.2, 0.25) is 0 Å². The van der Waals surface area contributed by atoms with Gasteiger partial charge in [0, 0.05) is 18.3 Å². The van der Waals surface area contributed by atoms with Crippen molar-refractivity contribution in [2.75, 3.05) is 6.54 Å². The maximum absolute atomic E-state index is 9.01. The van der Waals surface area contributed by atoms with Crippen molar-refractivity contribution in [2.45, 2.75) is 45.9 Å². The second-order valence-electron chi connectivity index (χ2n) is 6.37. The zero-order valence-electron chi connectivity index (χ0n) is 13.1. The molecule has 0 bridgehead atoms. The number of hydrogen-bond donors (Lipinski definition) is 2. The van der Waals surface area contributed by atoms with Gasteiger partial charge in [-0.2, -0.15) is 5.10 Å². The van der Waals surface area contributed by atoms with E-state index in [1.54, 1.807) is 0 Å². The molecule has 0 unspecified atom stereocenters. The number of hydrogen-bond acceptors (Lipinski definition) is 3. The van der Waals surface area contributed by atoms with Crippen LogP contribution in [0, 0.1) is 0 Å². The summed E-state index contributed by atoms with van der Waals surface area (Å²) in [6, 6.07) is 8.10. The average molecular weight is 287 g/mol. The highest BCUT2D eigenvalue weighted by Gasteiger charge is 2.13. The highest BCUT2D eigenvalue weighted by Crippen LogP contribution is 2.13. The van der Waals surface area contributed by atoms with Crippen molar-refractivity contribution in [3.63, 3.8) is 0 Å². The monoisotopic (exact) mass is 287 g/mol. The van der Waals surface area contributed by atoms with Crippen molar-refractivity contribution in [1.29, 1.82) is 0 Å². The van der Waals surface area contributed by atoms with Crippen LogP contribution in [0.5, 0.6) is 0 Å².